The molecule has 1 aromatic rings. The predicted octanol–water partition coefficient (Wildman–Crippen LogP) is 2.43. The van der Waals surface area contributed by atoms with E-state index in [1.807, 2.05) is 0 Å². The molecule has 3 aliphatic rings. The summed E-state index contributed by atoms with van der Waals surface area (Å²) in [7, 11) is 0. The first-order valence-corrected chi connectivity index (χ1v) is 9.84. The summed E-state index contributed by atoms with van der Waals surface area (Å²) >= 11 is 7.33. The van der Waals surface area contributed by atoms with Crippen LogP contribution in [0, 0.1) is 23.7 Å². The number of amides is 2. The topological polar surface area (TPSA) is 83.9 Å². The van der Waals surface area contributed by atoms with E-state index in [0.717, 1.165) is 6.42 Å². The molecule has 2 saturated carbocycles. The number of fused-ring (bicyclic) bond motifs is 5. The van der Waals surface area contributed by atoms with Crippen LogP contribution in [0.5, 0.6) is 5.75 Å². The van der Waals surface area contributed by atoms with Crippen molar-refractivity contribution in [1.82, 2.24) is 0 Å². The van der Waals surface area contributed by atoms with Crippen LogP contribution in [0.3, 0.4) is 0 Å². The van der Waals surface area contributed by atoms with Crippen molar-refractivity contribution in [2.45, 2.75) is 16.1 Å². The SMILES string of the molecule is O=C(O)COc1ccc(N2C(=O)[C@@H]3[C@@H]4C[C@H]([C@H](Br)[C@@H]4Br)[C@@H]3C2=O)cc1. The number of carbonyl (C=O) groups is 3. The van der Waals surface area contributed by atoms with Crippen molar-refractivity contribution in [3.63, 3.8) is 0 Å². The molecule has 3 fully saturated rings. The van der Waals surface area contributed by atoms with Gasteiger partial charge in [-0.15, -0.1) is 0 Å². The predicted molar refractivity (Wildman–Crippen MR) is 96.1 cm³/mol. The number of hydrogen-bond donors (Lipinski definition) is 1. The average molecular weight is 473 g/mol. The number of alkyl halides is 2. The number of anilines is 1. The second-order valence-electron chi connectivity index (χ2n) is 6.69. The standard InChI is InChI=1S/C17H15Br2NO5/c18-14-9-5-10(15(14)19)13-12(9)16(23)20(17(13)24)7-1-3-8(4-2-7)25-6-11(21)22/h1-4,9-10,12-15H,5-6H2,(H,21,22)/t9-,10-,12-,13+,14-,15+/m0/s1. The second kappa shape index (κ2) is 6.09. The number of ether oxygens (including phenoxy) is 1. The van der Waals surface area contributed by atoms with Crippen LogP contribution >= 0.6 is 31.9 Å². The Balaban J connectivity index is 1.57. The van der Waals surface area contributed by atoms with Crippen molar-refractivity contribution in [2.75, 3.05) is 11.5 Å². The molecule has 2 aliphatic carbocycles. The van der Waals surface area contributed by atoms with Gasteiger partial charge in [0, 0.05) is 9.65 Å². The fourth-order valence-corrected chi connectivity index (χ4v) is 6.31. The van der Waals surface area contributed by atoms with Gasteiger partial charge >= 0.3 is 5.97 Å². The summed E-state index contributed by atoms with van der Waals surface area (Å²) in [6, 6.07) is 6.38. The average Bonchev–Trinajstić information content (AvgIpc) is 3.19. The highest BCUT2D eigenvalue weighted by Crippen LogP contribution is 2.60. The lowest BCUT2D eigenvalue weighted by atomic mass is 9.81. The minimum atomic E-state index is -1.06. The smallest absolute Gasteiger partial charge is 0.341 e. The highest BCUT2D eigenvalue weighted by atomic mass is 79.9. The molecule has 8 heteroatoms. The van der Waals surface area contributed by atoms with E-state index < -0.39 is 12.6 Å². The maximum absolute atomic E-state index is 12.9. The number of carboxylic acids is 1. The van der Waals surface area contributed by atoms with Gasteiger partial charge in [-0.1, -0.05) is 31.9 Å². The van der Waals surface area contributed by atoms with Gasteiger partial charge in [-0.05, 0) is 42.5 Å². The molecule has 1 saturated heterocycles. The normalized spacial score (nSPS) is 36.0. The summed E-state index contributed by atoms with van der Waals surface area (Å²) in [4.78, 5) is 38.0. The Morgan fingerprint density at radius 3 is 2.08 bits per heavy atom. The molecule has 1 aliphatic heterocycles. The molecule has 0 unspecified atom stereocenters. The summed E-state index contributed by atoms with van der Waals surface area (Å²) in [5.74, 6) is -1.09. The fraction of sp³-hybridized carbons (Fsp3) is 0.471. The van der Waals surface area contributed by atoms with Gasteiger partial charge in [0.25, 0.3) is 0 Å². The van der Waals surface area contributed by atoms with E-state index in [0.29, 0.717) is 11.4 Å². The van der Waals surface area contributed by atoms with Crippen molar-refractivity contribution in [3.05, 3.63) is 24.3 Å². The molecule has 1 heterocycles. The number of benzene rings is 1. The molecular weight excluding hydrogens is 458 g/mol. The minimum absolute atomic E-state index is 0.134. The number of aliphatic carboxylic acids is 1. The van der Waals surface area contributed by atoms with E-state index in [2.05, 4.69) is 31.9 Å². The number of halogens is 2. The van der Waals surface area contributed by atoms with Gasteiger partial charge in [0.1, 0.15) is 5.75 Å². The summed E-state index contributed by atoms with van der Waals surface area (Å²) in [6.07, 6.45) is 0.897. The number of carbonyl (C=O) groups excluding carboxylic acids is 2. The summed E-state index contributed by atoms with van der Waals surface area (Å²) < 4.78 is 5.09. The first-order valence-electron chi connectivity index (χ1n) is 8.00. The highest BCUT2D eigenvalue weighted by Gasteiger charge is 2.66. The lowest BCUT2D eigenvalue weighted by molar-refractivity contribution is -0.139. The molecule has 4 rings (SSSR count). The molecule has 1 aromatic carbocycles. The second-order valence-corrected chi connectivity index (χ2v) is 8.81. The van der Waals surface area contributed by atoms with Gasteiger partial charge < -0.3 is 9.84 Å². The third-order valence-electron chi connectivity index (χ3n) is 5.44. The molecular formula is C17H15Br2NO5. The largest absolute Gasteiger partial charge is 0.482 e. The molecule has 132 valence electrons. The molecule has 0 aromatic heterocycles. The Kier molecular flexibility index (Phi) is 4.15. The van der Waals surface area contributed by atoms with Crippen LogP contribution in [0.1, 0.15) is 6.42 Å². The quantitative estimate of drug-likeness (QED) is 0.537. The fourth-order valence-electron chi connectivity index (χ4n) is 4.44. The van der Waals surface area contributed by atoms with E-state index in [4.69, 9.17) is 9.84 Å². The molecule has 0 radical (unpaired) electrons. The first-order chi connectivity index (χ1) is 11.9. The van der Waals surface area contributed by atoms with E-state index in [1.54, 1.807) is 24.3 Å². The van der Waals surface area contributed by atoms with Crippen molar-refractivity contribution in [1.29, 1.82) is 0 Å². The Bertz CT molecular complexity index is 720. The van der Waals surface area contributed by atoms with E-state index >= 15 is 0 Å². The van der Waals surface area contributed by atoms with Crippen LogP contribution in [-0.4, -0.2) is 39.2 Å². The molecule has 6 atom stereocenters. The van der Waals surface area contributed by atoms with Crippen molar-refractivity contribution >= 4 is 55.3 Å². The maximum atomic E-state index is 12.9. The summed E-state index contributed by atoms with van der Waals surface area (Å²) in [5, 5.41) is 8.63. The highest BCUT2D eigenvalue weighted by molar-refractivity contribution is 9.12. The lowest BCUT2D eigenvalue weighted by Crippen LogP contribution is -2.37. The number of hydrogen-bond acceptors (Lipinski definition) is 4. The van der Waals surface area contributed by atoms with Crippen molar-refractivity contribution in [2.24, 2.45) is 23.7 Å². The monoisotopic (exact) mass is 471 g/mol. The molecule has 6 nitrogen and oxygen atoms in total. The molecule has 1 N–H and O–H groups in total. The third-order valence-corrected chi connectivity index (χ3v) is 8.65. The maximum Gasteiger partial charge on any atom is 0.341 e. The van der Waals surface area contributed by atoms with Gasteiger partial charge in [-0.25, -0.2) is 4.79 Å². The van der Waals surface area contributed by atoms with Crippen molar-refractivity contribution in [3.8, 4) is 5.75 Å². The van der Waals surface area contributed by atoms with Gasteiger partial charge in [0.05, 0.1) is 17.5 Å². The van der Waals surface area contributed by atoms with Crippen LogP contribution in [0.15, 0.2) is 24.3 Å². The van der Waals surface area contributed by atoms with Gasteiger partial charge in [0.15, 0.2) is 6.61 Å². The van der Waals surface area contributed by atoms with Gasteiger partial charge in [-0.3, -0.25) is 14.5 Å². The Morgan fingerprint density at radius 1 is 1.08 bits per heavy atom. The van der Waals surface area contributed by atoms with Gasteiger partial charge in [-0.2, -0.15) is 0 Å². The Morgan fingerprint density at radius 2 is 1.60 bits per heavy atom. The van der Waals surface area contributed by atoms with Crippen LogP contribution in [-0.2, 0) is 14.4 Å². The van der Waals surface area contributed by atoms with Crippen LogP contribution in [0.2, 0.25) is 0 Å². The van der Waals surface area contributed by atoms with Crippen LogP contribution in [0.4, 0.5) is 5.69 Å². The zero-order chi connectivity index (χ0) is 17.9. The first kappa shape index (κ1) is 17.0. The molecule has 2 amide bonds. The zero-order valence-electron chi connectivity index (χ0n) is 13.0. The summed E-state index contributed by atoms with van der Waals surface area (Å²) in [5.41, 5.74) is 0.503. The van der Waals surface area contributed by atoms with E-state index in [-0.39, 0.29) is 45.1 Å². The molecule has 2 bridgehead atoms. The number of imide groups is 1. The Labute approximate surface area is 160 Å². The summed E-state index contributed by atoms with van der Waals surface area (Å²) in [6.45, 7) is -0.437. The van der Waals surface area contributed by atoms with Gasteiger partial charge in [0.2, 0.25) is 11.8 Å². The molecule has 0 spiro atoms. The zero-order valence-corrected chi connectivity index (χ0v) is 16.1. The third kappa shape index (κ3) is 2.52. The lowest BCUT2D eigenvalue weighted by Gasteiger charge is -2.28. The van der Waals surface area contributed by atoms with E-state index in [9.17, 15) is 14.4 Å². The minimum Gasteiger partial charge on any atom is -0.482 e. The number of nitrogens with zero attached hydrogens (tertiary/aromatic N) is 1. The van der Waals surface area contributed by atoms with Crippen LogP contribution in [0.25, 0.3) is 0 Å². The number of rotatable bonds is 4. The van der Waals surface area contributed by atoms with Crippen molar-refractivity contribution < 1.29 is 24.2 Å². The number of carboxylic acid groups (broad SMARTS) is 1. The van der Waals surface area contributed by atoms with Crippen LogP contribution < -0.4 is 9.64 Å². The Hall–Kier alpha value is -1.41. The molecule has 25 heavy (non-hydrogen) atoms. The van der Waals surface area contributed by atoms with E-state index in [1.165, 1.54) is 4.90 Å².